The van der Waals surface area contributed by atoms with Crippen LogP contribution in [-0.2, 0) is 4.79 Å². The highest BCUT2D eigenvalue weighted by atomic mass is 35.5. The molecule has 0 saturated carbocycles. The average molecular weight is 503 g/mol. The molecule has 5 rings (SSSR count). The maximum Gasteiger partial charge on any atom is 0.258 e. The van der Waals surface area contributed by atoms with Crippen LogP contribution in [0.2, 0.25) is 5.02 Å². The summed E-state index contributed by atoms with van der Waals surface area (Å²) in [7, 11) is 0. The van der Waals surface area contributed by atoms with Crippen molar-refractivity contribution < 1.29 is 14.4 Å². The molecule has 7 nitrogen and oxygen atoms in total. The summed E-state index contributed by atoms with van der Waals surface area (Å²) < 4.78 is 0. The first kappa shape index (κ1) is 24.0. The van der Waals surface area contributed by atoms with Gasteiger partial charge in [-0.25, -0.2) is 0 Å². The van der Waals surface area contributed by atoms with Crippen LogP contribution in [0, 0.1) is 6.92 Å². The molecule has 2 aliphatic heterocycles. The van der Waals surface area contributed by atoms with Crippen molar-refractivity contribution in [3.05, 3.63) is 94.0 Å². The van der Waals surface area contributed by atoms with Crippen LogP contribution in [0.1, 0.15) is 44.3 Å². The van der Waals surface area contributed by atoms with E-state index in [-0.39, 0.29) is 24.1 Å². The van der Waals surface area contributed by atoms with Crippen LogP contribution in [0.25, 0.3) is 0 Å². The number of anilines is 2. The lowest BCUT2D eigenvalue weighted by Gasteiger charge is -2.31. The fourth-order valence-electron chi connectivity index (χ4n) is 4.70. The van der Waals surface area contributed by atoms with E-state index in [9.17, 15) is 14.4 Å². The molecule has 184 valence electrons. The number of halogens is 1. The Morgan fingerprint density at radius 1 is 0.889 bits per heavy atom. The van der Waals surface area contributed by atoms with Crippen molar-refractivity contribution in [1.82, 2.24) is 10.2 Å². The Hall–Kier alpha value is -3.68. The van der Waals surface area contributed by atoms with Gasteiger partial charge in [0, 0.05) is 42.3 Å². The number of rotatable bonds is 3. The minimum Gasteiger partial charge on any atom is -0.336 e. The zero-order chi connectivity index (χ0) is 25.2. The van der Waals surface area contributed by atoms with Gasteiger partial charge in [0.1, 0.15) is 0 Å². The van der Waals surface area contributed by atoms with Crippen molar-refractivity contribution in [2.24, 2.45) is 0 Å². The molecule has 0 aromatic heterocycles. The van der Waals surface area contributed by atoms with Crippen LogP contribution in [-0.4, -0.2) is 48.8 Å². The van der Waals surface area contributed by atoms with E-state index < -0.39 is 6.04 Å². The fourth-order valence-corrected chi connectivity index (χ4v) is 4.83. The molecule has 2 aliphatic rings. The molecule has 2 heterocycles. The molecule has 0 spiro atoms. The third-order valence-corrected chi connectivity index (χ3v) is 6.90. The normalized spacial score (nSPS) is 17.7. The molecule has 1 atom stereocenters. The smallest absolute Gasteiger partial charge is 0.258 e. The quantitative estimate of drug-likeness (QED) is 0.555. The van der Waals surface area contributed by atoms with Gasteiger partial charge in [0.25, 0.3) is 11.8 Å². The Balaban J connectivity index is 1.59. The molecule has 3 amide bonds. The summed E-state index contributed by atoms with van der Waals surface area (Å²) in [6.07, 6.45) is 0.0815. The van der Waals surface area contributed by atoms with E-state index in [0.29, 0.717) is 40.6 Å². The van der Waals surface area contributed by atoms with Gasteiger partial charge in [-0.1, -0.05) is 41.4 Å². The molecule has 3 aromatic rings. The highest BCUT2D eigenvalue weighted by Crippen LogP contribution is 2.40. The summed E-state index contributed by atoms with van der Waals surface area (Å²) in [5.41, 5.74) is 3.86. The Morgan fingerprint density at radius 2 is 1.56 bits per heavy atom. The molecule has 0 radical (unpaired) electrons. The van der Waals surface area contributed by atoms with Crippen molar-refractivity contribution in [3.8, 4) is 0 Å². The molecule has 1 saturated heterocycles. The number of nitrogens with zero attached hydrogens (tertiary/aromatic N) is 2. The highest BCUT2D eigenvalue weighted by molar-refractivity contribution is 6.30. The molecule has 0 aliphatic carbocycles. The van der Waals surface area contributed by atoms with Gasteiger partial charge in [-0.15, -0.1) is 0 Å². The topological polar surface area (TPSA) is 81.8 Å². The maximum absolute atomic E-state index is 13.9. The lowest BCUT2D eigenvalue weighted by molar-refractivity contribution is -0.116. The van der Waals surface area contributed by atoms with Crippen molar-refractivity contribution in [3.63, 3.8) is 0 Å². The molecule has 2 N–H and O–H groups in total. The van der Waals surface area contributed by atoms with Crippen LogP contribution in [0.4, 0.5) is 11.4 Å². The Morgan fingerprint density at radius 3 is 2.25 bits per heavy atom. The summed E-state index contributed by atoms with van der Waals surface area (Å²) in [5, 5.41) is 6.72. The number of benzene rings is 3. The van der Waals surface area contributed by atoms with E-state index in [1.165, 1.54) is 0 Å². The second-order valence-corrected chi connectivity index (χ2v) is 9.57. The van der Waals surface area contributed by atoms with Crippen molar-refractivity contribution in [2.75, 3.05) is 36.4 Å². The SMILES string of the molecule is Cc1ccc(C2CC(=O)Nc3cc(C(=O)N4CCNCC4)ccc3N2C(=O)c2ccc(Cl)cc2)cc1. The minimum atomic E-state index is -0.523. The van der Waals surface area contributed by atoms with E-state index in [0.717, 1.165) is 24.2 Å². The van der Waals surface area contributed by atoms with Gasteiger partial charge >= 0.3 is 0 Å². The number of aryl methyl sites for hydroxylation is 1. The minimum absolute atomic E-state index is 0.0815. The summed E-state index contributed by atoms with van der Waals surface area (Å²) in [6, 6.07) is 19.2. The summed E-state index contributed by atoms with van der Waals surface area (Å²) in [5.74, 6) is -0.570. The third-order valence-electron chi connectivity index (χ3n) is 6.64. The van der Waals surface area contributed by atoms with Gasteiger partial charge in [0.2, 0.25) is 5.91 Å². The Kier molecular flexibility index (Phi) is 6.76. The predicted octanol–water partition coefficient (Wildman–Crippen LogP) is 4.42. The van der Waals surface area contributed by atoms with Crippen LogP contribution < -0.4 is 15.5 Å². The average Bonchev–Trinajstić information content (AvgIpc) is 3.04. The van der Waals surface area contributed by atoms with Gasteiger partial charge in [-0.3, -0.25) is 19.3 Å². The maximum atomic E-state index is 13.9. The summed E-state index contributed by atoms with van der Waals surface area (Å²) >= 11 is 6.06. The van der Waals surface area contributed by atoms with Crippen LogP contribution in [0.15, 0.2) is 66.7 Å². The monoisotopic (exact) mass is 502 g/mol. The number of carbonyl (C=O) groups is 3. The third kappa shape index (κ3) is 4.85. The van der Waals surface area contributed by atoms with E-state index in [2.05, 4.69) is 10.6 Å². The number of nitrogens with one attached hydrogen (secondary N) is 2. The van der Waals surface area contributed by atoms with Crippen molar-refractivity contribution in [1.29, 1.82) is 0 Å². The second-order valence-electron chi connectivity index (χ2n) is 9.13. The van der Waals surface area contributed by atoms with Crippen LogP contribution >= 0.6 is 11.6 Å². The molecular formula is C28H27ClN4O3. The first-order valence-corrected chi connectivity index (χ1v) is 12.4. The molecule has 3 aromatic carbocycles. The van der Waals surface area contributed by atoms with E-state index >= 15 is 0 Å². The molecular weight excluding hydrogens is 476 g/mol. The predicted molar refractivity (Wildman–Crippen MR) is 141 cm³/mol. The van der Waals surface area contributed by atoms with Gasteiger partial charge in [0.15, 0.2) is 0 Å². The van der Waals surface area contributed by atoms with Gasteiger partial charge in [-0.2, -0.15) is 0 Å². The highest BCUT2D eigenvalue weighted by Gasteiger charge is 2.35. The lowest BCUT2D eigenvalue weighted by Crippen LogP contribution is -2.46. The summed E-state index contributed by atoms with van der Waals surface area (Å²) in [6.45, 7) is 4.73. The first-order valence-electron chi connectivity index (χ1n) is 12.0. The number of piperazine rings is 1. The molecule has 1 fully saturated rings. The van der Waals surface area contributed by atoms with Gasteiger partial charge in [-0.05, 0) is 55.0 Å². The largest absolute Gasteiger partial charge is 0.336 e. The number of hydrogen-bond acceptors (Lipinski definition) is 4. The van der Waals surface area contributed by atoms with Crippen molar-refractivity contribution in [2.45, 2.75) is 19.4 Å². The number of carbonyl (C=O) groups excluding carboxylic acids is 3. The fraction of sp³-hybridized carbons (Fsp3) is 0.250. The van der Waals surface area contributed by atoms with Gasteiger partial charge in [0.05, 0.1) is 23.8 Å². The van der Waals surface area contributed by atoms with Crippen molar-refractivity contribution >= 4 is 40.7 Å². The van der Waals surface area contributed by atoms with E-state index in [1.807, 2.05) is 31.2 Å². The standard InChI is InChI=1S/C28H27ClN4O3/c1-18-2-4-19(5-3-18)25-17-26(34)31-23-16-21(27(35)32-14-12-30-13-15-32)8-11-24(23)33(25)28(36)20-6-9-22(29)10-7-20/h2-11,16,25,30H,12-15,17H2,1H3,(H,31,34). The molecule has 0 bridgehead atoms. The Bertz CT molecular complexity index is 1300. The molecule has 36 heavy (non-hydrogen) atoms. The number of amides is 3. The zero-order valence-electron chi connectivity index (χ0n) is 20.0. The zero-order valence-corrected chi connectivity index (χ0v) is 20.7. The number of fused-ring (bicyclic) bond motifs is 1. The Labute approximate surface area is 215 Å². The van der Waals surface area contributed by atoms with E-state index in [1.54, 1.807) is 52.3 Å². The van der Waals surface area contributed by atoms with E-state index in [4.69, 9.17) is 11.6 Å². The second kappa shape index (κ2) is 10.1. The lowest BCUT2D eigenvalue weighted by atomic mass is 9.98. The molecule has 1 unspecified atom stereocenters. The molecule has 8 heteroatoms. The first-order chi connectivity index (χ1) is 17.4. The number of hydrogen-bond donors (Lipinski definition) is 2. The van der Waals surface area contributed by atoms with Crippen LogP contribution in [0.3, 0.4) is 0 Å². The van der Waals surface area contributed by atoms with Crippen LogP contribution in [0.5, 0.6) is 0 Å². The summed E-state index contributed by atoms with van der Waals surface area (Å²) in [4.78, 5) is 43.5. The van der Waals surface area contributed by atoms with Gasteiger partial charge < -0.3 is 15.5 Å².